The summed E-state index contributed by atoms with van der Waals surface area (Å²) in [5, 5.41) is 19.0. The summed E-state index contributed by atoms with van der Waals surface area (Å²) < 4.78 is 32.8. The highest BCUT2D eigenvalue weighted by molar-refractivity contribution is 7.89. The van der Waals surface area contributed by atoms with Crippen molar-refractivity contribution in [2.24, 2.45) is 0 Å². The number of benzene rings is 2. The van der Waals surface area contributed by atoms with Crippen LogP contribution in [0.2, 0.25) is 0 Å². The van der Waals surface area contributed by atoms with E-state index >= 15 is 0 Å². The standard InChI is InChI=1S/C19H19N5O5S/c1-13-2-3-15(12-17(13)30(27,28)23-8-10-29-11-9-23)19-20-18(21-22-19)14-4-6-16(7-5-14)24(25)26/h2-7,12H,8-11H2,1H3,(H,20,21,22). The highest BCUT2D eigenvalue weighted by Crippen LogP contribution is 2.27. The smallest absolute Gasteiger partial charge is 0.269 e. The number of non-ortho nitro benzene ring substituents is 1. The van der Waals surface area contributed by atoms with Crippen LogP contribution >= 0.6 is 0 Å². The lowest BCUT2D eigenvalue weighted by Crippen LogP contribution is -2.40. The summed E-state index contributed by atoms with van der Waals surface area (Å²) in [6.45, 7) is 3.13. The zero-order valence-corrected chi connectivity index (χ0v) is 16.9. The van der Waals surface area contributed by atoms with Gasteiger partial charge in [0, 0.05) is 36.3 Å². The average molecular weight is 429 g/mol. The Morgan fingerprint density at radius 1 is 1.03 bits per heavy atom. The van der Waals surface area contributed by atoms with E-state index in [1.54, 1.807) is 37.3 Å². The van der Waals surface area contributed by atoms with E-state index in [4.69, 9.17) is 4.74 Å². The van der Waals surface area contributed by atoms with Crippen molar-refractivity contribution in [3.05, 3.63) is 58.1 Å². The molecule has 156 valence electrons. The fourth-order valence-corrected chi connectivity index (χ4v) is 4.87. The van der Waals surface area contributed by atoms with Crippen molar-refractivity contribution in [1.82, 2.24) is 19.5 Å². The zero-order valence-electron chi connectivity index (χ0n) is 16.1. The fraction of sp³-hybridized carbons (Fsp3) is 0.263. The first kappa shape index (κ1) is 20.1. The number of aromatic nitrogens is 3. The number of hydrogen-bond acceptors (Lipinski definition) is 7. The van der Waals surface area contributed by atoms with Gasteiger partial charge >= 0.3 is 0 Å². The minimum Gasteiger partial charge on any atom is -0.379 e. The zero-order chi connectivity index (χ0) is 21.3. The third kappa shape index (κ3) is 3.82. The molecule has 0 aliphatic carbocycles. The predicted octanol–water partition coefficient (Wildman–Crippen LogP) is 2.38. The van der Waals surface area contributed by atoms with E-state index in [9.17, 15) is 18.5 Å². The van der Waals surface area contributed by atoms with Crippen LogP contribution in [0.4, 0.5) is 5.69 Å². The average Bonchev–Trinajstić information content (AvgIpc) is 3.25. The Morgan fingerprint density at radius 2 is 1.63 bits per heavy atom. The Kier molecular flexibility index (Phi) is 5.33. The van der Waals surface area contributed by atoms with Crippen LogP contribution in [0.1, 0.15) is 5.56 Å². The molecule has 11 heteroatoms. The van der Waals surface area contributed by atoms with E-state index in [-0.39, 0.29) is 10.6 Å². The topological polar surface area (TPSA) is 131 Å². The largest absolute Gasteiger partial charge is 0.379 e. The third-order valence-electron chi connectivity index (χ3n) is 4.89. The van der Waals surface area contributed by atoms with Gasteiger partial charge in [0.2, 0.25) is 10.0 Å². The van der Waals surface area contributed by atoms with Crippen LogP contribution in [0.3, 0.4) is 0 Å². The minimum absolute atomic E-state index is 0.0185. The number of nitrogens with zero attached hydrogens (tertiary/aromatic N) is 4. The summed E-state index contributed by atoms with van der Waals surface area (Å²) >= 11 is 0. The van der Waals surface area contributed by atoms with Crippen molar-refractivity contribution < 1.29 is 18.1 Å². The highest BCUT2D eigenvalue weighted by atomic mass is 32.2. The Labute approximate surface area is 172 Å². The second kappa shape index (κ2) is 7.94. The lowest BCUT2D eigenvalue weighted by atomic mass is 10.1. The molecule has 0 radical (unpaired) electrons. The molecule has 0 amide bonds. The fourth-order valence-electron chi connectivity index (χ4n) is 3.21. The molecule has 4 rings (SSSR count). The number of rotatable bonds is 5. The number of nitrogens with one attached hydrogen (secondary N) is 1. The van der Waals surface area contributed by atoms with Gasteiger partial charge in [0.05, 0.1) is 23.0 Å². The molecular weight excluding hydrogens is 410 g/mol. The van der Waals surface area contributed by atoms with Gasteiger partial charge in [0.15, 0.2) is 11.6 Å². The Hall–Kier alpha value is -3.15. The molecule has 10 nitrogen and oxygen atoms in total. The summed E-state index contributed by atoms with van der Waals surface area (Å²) in [4.78, 5) is 13.6. The van der Waals surface area contributed by atoms with Crippen molar-refractivity contribution >= 4 is 15.7 Å². The third-order valence-corrected chi connectivity index (χ3v) is 6.93. The van der Waals surface area contributed by atoms with Gasteiger partial charge in [-0.15, -0.1) is 10.2 Å². The van der Waals surface area contributed by atoms with Crippen molar-refractivity contribution in [3.63, 3.8) is 0 Å². The molecule has 1 aliphatic heterocycles. The summed E-state index contributed by atoms with van der Waals surface area (Å²) in [5.74, 6) is 0.833. The summed E-state index contributed by atoms with van der Waals surface area (Å²) in [5.41, 5.74) is 1.83. The first-order valence-electron chi connectivity index (χ1n) is 9.23. The van der Waals surface area contributed by atoms with Gasteiger partial charge in [-0.05, 0) is 30.7 Å². The van der Waals surface area contributed by atoms with Crippen LogP contribution < -0.4 is 0 Å². The number of aryl methyl sites for hydroxylation is 1. The SMILES string of the molecule is Cc1ccc(-c2nnc(-c3ccc([N+](=O)[O-])cc3)[nH]2)cc1S(=O)(=O)N1CCOCC1. The minimum atomic E-state index is -3.65. The molecule has 30 heavy (non-hydrogen) atoms. The molecule has 0 saturated carbocycles. The van der Waals surface area contributed by atoms with Gasteiger partial charge in [-0.1, -0.05) is 12.1 Å². The highest BCUT2D eigenvalue weighted by Gasteiger charge is 2.28. The Balaban J connectivity index is 1.65. The van der Waals surface area contributed by atoms with Gasteiger partial charge in [0.25, 0.3) is 5.69 Å². The second-order valence-electron chi connectivity index (χ2n) is 6.82. The number of sulfonamides is 1. The number of hydrogen-bond donors (Lipinski definition) is 1. The predicted molar refractivity (Wildman–Crippen MR) is 108 cm³/mol. The van der Waals surface area contributed by atoms with E-state index in [0.29, 0.717) is 54.6 Å². The van der Waals surface area contributed by atoms with Crippen LogP contribution in [0.25, 0.3) is 22.8 Å². The molecule has 1 N–H and O–H groups in total. The van der Waals surface area contributed by atoms with E-state index < -0.39 is 14.9 Å². The molecule has 1 fully saturated rings. The Bertz CT molecular complexity index is 1180. The van der Waals surface area contributed by atoms with E-state index in [1.165, 1.54) is 16.4 Å². The molecule has 1 saturated heterocycles. The van der Waals surface area contributed by atoms with E-state index in [2.05, 4.69) is 15.2 Å². The lowest BCUT2D eigenvalue weighted by Gasteiger charge is -2.26. The first-order chi connectivity index (χ1) is 14.4. The van der Waals surface area contributed by atoms with Crippen LogP contribution in [0, 0.1) is 17.0 Å². The maximum atomic E-state index is 13.1. The van der Waals surface area contributed by atoms with Crippen molar-refractivity contribution in [2.75, 3.05) is 26.3 Å². The first-order valence-corrected chi connectivity index (χ1v) is 10.7. The van der Waals surface area contributed by atoms with Crippen LogP contribution in [0.5, 0.6) is 0 Å². The van der Waals surface area contributed by atoms with Crippen molar-refractivity contribution in [1.29, 1.82) is 0 Å². The van der Waals surface area contributed by atoms with Crippen LogP contribution in [-0.2, 0) is 14.8 Å². The maximum Gasteiger partial charge on any atom is 0.269 e. The van der Waals surface area contributed by atoms with Gasteiger partial charge in [-0.2, -0.15) is 4.31 Å². The molecular formula is C19H19N5O5S. The molecule has 2 aromatic carbocycles. The number of aromatic amines is 1. The lowest BCUT2D eigenvalue weighted by molar-refractivity contribution is -0.384. The molecule has 0 spiro atoms. The van der Waals surface area contributed by atoms with Gasteiger partial charge in [-0.25, -0.2) is 8.42 Å². The van der Waals surface area contributed by atoms with Crippen molar-refractivity contribution in [3.8, 4) is 22.8 Å². The number of nitro groups is 1. The second-order valence-corrected chi connectivity index (χ2v) is 8.73. The number of H-pyrrole nitrogens is 1. The molecule has 1 aromatic heterocycles. The number of ether oxygens (including phenoxy) is 1. The molecule has 1 aliphatic rings. The molecule has 2 heterocycles. The van der Waals surface area contributed by atoms with Gasteiger partial charge in [-0.3, -0.25) is 10.1 Å². The molecule has 0 bridgehead atoms. The maximum absolute atomic E-state index is 13.1. The van der Waals surface area contributed by atoms with E-state index in [0.717, 1.165) is 0 Å². The van der Waals surface area contributed by atoms with Gasteiger partial charge in [0.1, 0.15) is 0 Å². The number of morpholine rings is 1. The van der Waals surface area contributed by atoms with Gasteiger partial charge < -0.3 is 9.72 Å². The molecule has 0 unspecified atom stereocenters. The summed E-state index contributed by atoms with van der Waals surface area (Å²) in [7, 11) is -3.65. The quantitative estimate of drug-likeness (QED) is 0.486. The normalized spacial score (nSPS) is 15.2. The monoisotopic (exact) mass is 429 g/mol. The summed E-state index contributed by atoms with van der Waals surface area (Å²) in [6, 6.07) is 11.0. The summed E-state index contributed by atoms with van der Waals surface area (Å²) in [6.07, 6.45) is 0. The van der Waals surface area contributed by atoms with Crippen molar-refractivity contribution in [2.45, 2.75) is 11.8 Å². The number of nitro benzene ring substituents is 1. The van der Waals surface area contributed by atoms with E-state index in [1.807, 2.05) is 0 Å². The van der Waals surface area contributed by atoms with Crippen LogP contribution in [-0.4, -0.2) is 59.1 Å². The molecule has 0 atom stereocenters. The Morgan fingerprint density at radius 3 is 2.27 bits per heavy atom. The van der Waals surface area contributed by atoms with Crippen LogP contribution in [0.15, 0.2) is 47.4 Å². The molecule has 3 aromatic rings.